The number of hydrogen-bond donors (Lipinski definition) is 5. The lowest BCUT2D eigenvalue weighted by atomic mass is 10.0. The summed E-state index contributed by atoms with van der Waals surface area (Å²) in [5.74, 6) is -3.10. The third-order valence-electron chi connectivity index (χ3n) is 7.46. The Hall–Kier alpha value is -3.05. The molecule has 2 unspecified atom stereocenters. The van der Waals surface area contributed by atoms with E-state index < -0.39 is 51.2 Å². The molecule has 3 rings (SSSR count). The maximum Gasteiger partial charge on any atom is 0.474 e. The van der Waals surface area contributed by atoms with Crippen LogP contribution in [-0.2, 0) is 46.0 Å². The molecule has 3 aromatic rings. The summed E-state index contributed by atoms with van der Waals surface area (Å²) in [7, 11) is -3.49. The summed E-state index contributed by atoms with van der Waals surface area (Å²) >= 11 is 0. The zero-order valence-electron chi connectivity index (χ0n) is 26.2. The highest BCUT2D eigenvalue weighted by Gasteiger charge is 2.44. The summed E-state index contributed by atoms with van der Waals surface area (Å²) in [6.07, 6.45) is -1.18. The van der Waals surface area contributed by atoms with Gasteiger partial charge in [-0.05, 0) is 30.5 Å². The molecule has 0 bridgehead atoms. The number of nitrogens with zero attached hydrogens (tertiary/aromatic N) is 3. The number of ether oxygens (including phenoxy) is 3. The van der Waals surface area contributed by atoms with E-state index in [0.29, 0.717) is 12.2 Å². The largest absolute Gasteiger partial charge is 0.474 e. The quantitative estimate of drug-likeness (QED) is 0.0510. The fourth-order valence-corrected chi connectivity index (χ4v) is 4.92. The van der Waals surface area contributed by atoms with Gasteiger partial charge in [0.15, 0.2) is 5.49 Å². The Balaban J connectivity index is 1.58. The number of aliphatic hydroxyl groups is 2. The topological polar surface area (TPSA) is 199 Å². The number of hydrogen-bond acceptors (Lipinski definition) is 12. The van der Waals surface area contributed by atoms with Crippen molar-refractivity contribution in [1.82, 2.24) is 19.5 Å². The number of benzene rings is 1. The van der Waals surface area contributed by atoms with E-state index in [0.717, 1.165) is 35.4 Å². The number of phosphoric acid groups is 1. The van der Waals surface area contributed by atoms with Gasteiger partial charge in [-0.15, -0.1) is 0 Å². The molecule has 15 nitrogen and oxygen atoms in total. The maximum absolute atomic E-state index is 15.6. The number of fused-ring (bicyclic) bond motifs is 1. The van der Waals surface area contributed by atoms with Crippen LogP contribution in [0, 0.1) is 11.3 Å². The van der Waals surface area contributed by atoms with Crippen molar-refractivity contribution in [2.45, 2.75) is 71.1 Å². The van der Waals surface area contributed by atoms with Crippen LogP contribution in [0.1, 0.15) is 51.0 Å². The number of alkyl halides is 1. The molecule has 0 spiro atoms. The molecule has 2 aromatic heterocycles. The van der Waals surface area contributed by atoms with Gasteiger partial charge in [-0.2, -0.15) is 5.10 Å². The van der Waals surface area contributed by atoms with E-state index in [2.05, 4.69) is 10.4 Å². The fraction of sp³-hybridized carbons (Fsp3) is 0.552. The van der Waals surface area contributed by atoms with Gasteiger partial charge in [-0.25, -0.2) is 13.5 Å². The van der Waals surface area contributed by atoms with Crippen LogP contribution < -0.4 is 10.8 Å². The summed E-state index contributed by atoms with van der Waals surface area (Å²) in [5, 5.41) is 37.0. The Labute approximate surface area is 265 Å². The summed E-state index contributed by atoms with van der Waals surface area (Å²) in [5.41, 5.74) is 0.463. The first-order valence-corrected chi connectivity index (χ1v) is 16.2. The predicted octanol–water partition coefficient (Wildman–Crippen LogP) is 2.54. The SMILES string of the molecule is CCC(CC)COC(=O)[C@H](C)NCOCC(F)(OC)[C@@H](O)[C@@H](O)c1ccc2c(=N)n(COP(=O)(O)OCc3ccccc3)cnn12. The van der Waals surface area contributed by atoms with Gasteiger partial charge in [0.1, 0.15) is 43.4 Å². The average Bonchev–Trinajstić information content (AvgIpc) is 3.50. The Bertz CT molecular complexity index is 1500. The van der Waals surface area contributed by atoms with Gasteiger partial charge in [-0.3, -0.25) is 29.1 Å². The number of halogens is 1. The van der Waals surface area contributed by atoms with Gasteiger partial charge in [0.05, 0.1) is 25.6 Å². The molecule has 0 radical (unpaired) electrons. The van der Waals surface area contributed by atoms with E-state index >= 15 is 4.39 Å². The van der Waals surface area contributed by atoms with Crippen molar-refractivity contribution in [1.29, 1.82) is 5.41 Å². The van der Waals surface area contributed by atoms with Crippen molar-refractivity contribution >= 4 is 19.3 Å². The third kappa shape index (κ3) is 9.97. The van der Waals surface area contributed by atoms with Crippen molar-refractivity contribution in [3.05, 3.63) is 65.5 Å². The van der Waals surface area contributed by atoms with Crippen molar-refractivity contribution in [2.24, 2.45) is 5.92 Å². The first kappa shape index (κ1) is 37.4. The molecular formula is C29H43FN5O10P. The number of phosphoric ester groups is 1. The summed E-state index contributed by atoms with van der Waals surface area (Å²) in [6.45, 7) is 4.07. The number of esters is 1. The second kappa shape index (κ2) is 17.2. The molecule has 0 saturated carbocycles. The number of methoxy groups -OCH3 is 1. The van der Waals surface area contributed by atoms with Crippen molar-refractivity contribution in [3.8, 4) is 0 Å². The van der Waals surface area contributed by atoms with Crippen molar-refractivity contribution < 1.29 is 52.1 Å². The monoisotopic (exact) mass is 671 g/mol. The van der Waals surface area contributed by atoms with E-state index in [1.54, 1.807) is 37.3 Å². The molecule has 2 heterocycles. The Kier molecular flexibility index (Phi) is 14.0. The third-order valence-corrected chi connectivity index (χ3v) is 8.36. The van der Waals surface area contributed by atoms with Crippen LogP contribution in [0.4, 0.5) is 4.39 Å². The Morgan fingerprint density at radius 1 is 1.15 bits per heavy atom. The molecule has 1 aromatic carbocycles. The summed E-state index contributed by atoms with van der Waals surface area (Å²) in [6, 6.07) is 10.7. The minimum absolute atomic E-state index is 0.0749. The van der Waals surface area contributed by atoms with E-state index in [4.69, 9.17) is 28.7 Å². The molecule has 5 atom stereocenters. The fourth-order valence-electron chi connectivity index (χ4n) is 4.27. The molecule has 17 heteroatoms. The average molecular weight is 672 g/mol. The standard InChI is InChI=1S/C29H43FN5O10P/c1-5-21(6-2)14-43-28(38)20(3)32-18-42-16-29(30,41-4)26(37)25(36)23-12-13-24-27(31)34(17-33-35(23)24)19-45-46(39,40)44-15-22-10-8-7-9-11-22/h7-13,17,20-21,25-26,31-32,36-37H,5-6,14-16,18-19H2,1-4H3,(H,39,40)/t20-,25-,26-,29?/m0/s1. The van der Waals surface area contributed by atoms with E-state index in [-0.39, 0.29) is 36.0 Å². The van der Waals surface area contributed by atoms with Gasteiger partial charge in [0.25, 0.3) is 5.85 Å². The highest BCUT2D eigenvalue weighted by Crippen LogP contribution is 2.44. The van der Waals surface area contributed by atoms with Crippen LogP contribution in [0.3, 0.4) is 0 Å². The second-order valence-corrected chi connectivity index (χ2v) is 12.1. The molecule has 0 saturated heterocycles. The second-order valence-electron chi connectivity index (χ2n) is 10.6. The van der Waals surface area contributed by atoms with Crippen LogP contribution in [0.5, 0.6) is 0 Å². The highest BCUT2D eigenvalue weighted by molar-refractivity contribution is 7.47. The number of aromatic nitrogens is 3. The minimum Gasteiger partial charge on any atom is -0.464 e. The molecule has 0 amide bonds. The predicted molar refractivity (Wildman–Crippen MR) is 161 cm³/mol. The van der Waals surface area contributed by atoms with E-state index in [9.17, 15) is 24.5 Å². The number of rotatable bonds is 20. The normalized spacial score (nSPS) is 16.5. The molecule has 0 fully saturated rings. The molecule has 0 aliphatic heterocycles. The van der Waals surface area contributed by atoms with Crippen molar-refractivity contribution in [2.75, 3.05) is 27.1 Å². The van der Waals surface area contributed by atoms with Gasteiger partial charge >= 0.3 is 13.8 Å². The van der Waals surface area contributed by atoms with Crippen LogP contribution >= 0.6 is 7.82 Å². The number of aliphatic hydroxyl groups excluding tert-OH is 2. The van der Waals surface area contributed by atoms with Gasteiger partial charge in [-0.1, -0.05) is 57.0 Å². The molecule has 0 aliphatic carbocycles. The first-order chi connectivity index (χ1) is 21.9. The lowest BCUT2D eigenvalue weighted by molar-refractivity contribution is -0.243. The number of nitrogens with one attached hydrogen (secondary N) is 2. The zero-order valence-corrected chi connectivity index (χ0v) is 27.1. The first-order valence-electron chi connectivity index (χ1n) is 14.7. The number of carbonyl (C=O) groups is 1. The van der Waals surface area contributed by atoms with Crippen LogP contribution in [0.25, 0.3) is 5.52 Å². The number of carbonyl (C=O) groups excluding carboxylic acids is 1. The molecule has 0 aliphatic rings. The lowest BCUT2D eigenvalue weighted by Crippen LogP contribution is -2.48. The molecular weight excluding hydrogens is 628 g/mol. The smallest absolute Gasteiger partial charge is 0.464 e. The zero-order chi connectivity index (χ0) is 33.9. The molecule has 46 heavy (non-hydrogen) atoms. The summed E-state index contributed by atoms with van der Waals surface area (Å²) < 4.78 is 55.6. The lowest BCUT2D eigenvalue weighted by Gasteiger charge is -2.31. The summed E-state index contributed by atoms with van der Waals surface area (Å²) in [4.78, 5) is 22.2. The van der Waals surface area contributed by atoms with Gasteiger partial charge < -0.3 is 29.3 Å². The van der Waals surface area contributed by atoms with Gasteiger partial charge in [0.2, 0.25) is 0 Å². The van der Waals surface area contributed by atoms with Gasteiger partial charge in [0, 0.05) is 7.11 Å². The van der Waals surface area contributed by atoms with E-state index in [1.807, 2.05) is 13.8 Å². The highest BCUT2D eigenvalue weighted by atomic mass is 31.2. The Morgan fingerprint density at radius 2 is 1.85 bits per heavy atom. The van der Waals surface area contributed by atoms with E-state index in [1.165, 1.54) is 12.1 Å². The van der Waals surface area contributed by atoms with Crippen LogP contribution in [0.15, 0.2) is 48.8 Å². The Morgan fingerprint density at radius 3 is 2.50 bits per heavy atom. The maximum atomic E-state index is 15.6. The van der Waals surface area contributed by atoms with Crippen molar-refractivity contribution in [3.63, 3.8) is 0 Å². The molecule has 256 valence electrons. The minimum atomic E-state index is -4.49. The molecule has 5 N–H and O–H groups in total. The van der Waals surface area contributed by atoms with Crippen LogP contribution in [0.2, 0.25) is 0 Å². The van der Waals surface area contributed by atoms with Crippen LogP contribution in [-0.4, -0.2) is 80.3 Å².